The van der Waals surface area contributed by atoms with Gasteiger partial charge in [0.25, 0.3) is 0 Å². The summed E-state index contributed by atoms with van der Waals surface area (Å²) in [5.41, 5.74) is 0.964. The van der Waals surface area contributed by atoms with Gasteiger partial charge in [0.2, 0.25) is 5.91 Å². The first-order chi connectivity index (χ1) is 8.58. The van der Waals surface area contributed by atoms with Gasteiger partial charge in [-0.1, -0.05) is 26.0 Å². The topological polar surface area (TPSA) is 41.1 Å². The number of nitrogens with one attached hydrogen (secondary N) is 2. The van der Waals surface area contributed by atoms with E-state index in [1.165, 1.54) is 12.1 Å². The van der Waals surface area contributed by atoms with Gasteiger partial charge < -0.3 is 10.6 Å². The Morgan fingerprint density at radius 2 is 1.94 bits per heavy atom. The molecule has 0 aliphatic rings. The minimum Gasteiger partial charge on any atom is -0.355 e. The molecular formula is C14H21FN2O. The summed E-state index contributed by atoms with van der Waals surface area (Å²) in [5.74, 6) is 0.348. The highest BCUT2D eigenvalue weighted by Crippen LogP contribution is 2.01. The third-order valence-corrected chi connectivity index (χ3v) is 2.57. The average Bonchev–Trinajstić information content (AvgIpc) is 2.31. The fourth-order valence-corrected chi connectivity index (χ4v) is 1.49. The summed E-state index contributed by atoms with van der Waals surface area (Å²) in [6.07, 6.45) is 0.990. The van der Waals surface area contributed by atoms with Crippen molar-refractivity contribution in [1.82, 2.24) is 10.6 Å². The molecule has 0 bridgehead atoms. The molecule has 2 N–H and O–H groups in total. The van der Waals surface area contributed by atoms with Crippen molar-refractivity contribution < 1.29 is 9.18 Å². The van der Waals surface area contributed by atoms with Crippen LogP contribution in [0.3, 0.4) is 0 Å². The van der Waals surface area contributed by atoms with Gasteiger partial charge in [0.15, 0.2) is 0 Å². The number of rotatable bonds is 7. The van der Waals surface area contributed by atoms with Gasteiger partial charge in [0.1, 0.15) is 5.82 Å². The molecule has 0 spiro atoms. The fourth-order valence-electron chi connectivity index (χ4n) is 1.49. The molecule has 0 atom stereocenters. The molecule has 0 saturated heterocycles. The molecule has 1 amide bonds. The summed E-state index contributed by atoms with van der Waals surface area (Å²) in [6, 6.07) is 6.25. The summed E-state index contributed by atoms with van der Waals surface area (Å²) in [4.78, 5) is 11.4. The summed E-state index contributed by atoms with van der Waals surface area (Å²) >= 11 is 0. The van der Waals surface area contributed by atoms with Crippen molar-refractivity contribution in [2.45, 2.75) is 26.8 Å². The maximum absolute atomic E-state index is 12.7. The average molecular weight is 252 g/mol. The van der Waals surface area contributed by atoms with Crippen molar-refractivity contribution in [2.75, 3.05) is 13.1 Å². The van der Waals surface area contributed by atoms with E-state index >= 15 is 0 Å². The lowest BCUT2D eigenvalue weighted by Crippen LogP contribution is -2.34. The molecule has 0 saturated carbocycles. The summed E-state index contributed by atoms with van der Waals surface area (Å²) in [6.45, 7) is 5.82. The third kappa shape index (κ3) is 6.35. The van der Waals surface area contributed by atoms with Crippen LogP contribution in [0, 0.1) is 11.7 Å². The summed E-state index contributed by atoms with van der Waals surface area (Å²) in [5, 5.41) is 5.87. The number of amides is 1. The van der Waals surface area contributed by atoms with Gasteiger partial charge in [0, 0.05) is 13.1 Å². The van der Waals surface area contributed by atoms with E-state index < -0.39 is 0 Å². The van der Waals surface area contributed by atoms with E-state index in [2.05, 4.69) is 24.5 Å². The number of halogens is 1. The highest BCUT2D eigenvalue weighted by atomic mass is 19.1. The van der Waals surface area contributed by atoms with E-state index in [0.717, 1.165) is 12.0 Å². The normalized spacial score (nSPS) is 10.7. The first-order valence-electron chi connectivity index (χ1n) is 6.30. The van der Waals surface area contributed by atoms with Crippen molar-refractivity contribution in [1.29, 1.82) is 0 Å². The Morgan fingerprint density at radius 3 is 2.56 bits per heavy atom. The van der Waals surface area contributed by atoms with Crippen LogP contribution in [0.25, 0.3) is 0 Å². The van der Waals surface area contributed by atoms with E-state index in [1.54, 1.807) is 12.1 Å². The predicted octanol–water partition coefficient (Wildman–Crippen LogP) is 2.08. The number of carbonyl (C=O) groups is 1. The predicted molar refractivity (Wildman–Crippen MR) is 70.6 cm³/mol. The van der Waals surface area contributed by atoms with E-state index in [0.29, 0.717) is 19.0 Å². The van der Waals surface area contributed by atoms with Crippen LogP contribution in [-0.2, 0) is 11.3 Å². The molecule has 0 unspecified atom stereocenters. The summed E-state index contributed by atoms with van der Waals surface area (Å²) < 4.78 is 12.7. The van der Waals surface area contributed by atoms with Crippen molar-refractivity contribution >= 4 is 5.91 Å². The quantitative estimate of drug-likeness (QED) is 0.780. The van der Waals surface area contributed by atoms with Crippen LogP contribution < -0.4 is 10.6 Å². The highest BCUT2D eigenvalue weighted by molar-refractivity contribution is 5.77. The van der Waals surface area contributed by atoms with Crippen molar-refractivity contribution in [3.8, 4) is 0 Å². The lowest BCUT2D eigenvalue weighted by Gasteiger charge is -2.08. The molecular weight excluding hydrogens is 231 g/mol. The van der Waals surface area contributed by atoms with E-state index in [1.807, 2.05) is 0 Å². The zero-order valence-corrected chi connectivity index (χ0v) is 11.0. The molecule has 0 aliphatic heterocycles. The standard InChI is InChI=1S/C14H21FN2O/c1-11(2)7-8-17-14(18)10-16-9-12-3-5-13(15)6-4-12/h3-6,11,16H,7-10H2,1-2H3,(H,17,18). The largest absolute Gasteiger partial charge is 0.355 e. The smallest absolute Gasteiger partial charge is 0.233 e. The lowest BCUT2D eigenvalue weighted by molar-refractivity contribution is -0.120. The van der Waals surface area contributed by atoms with Gasteiger partial charge in [0.05, 0.1) is 6.54 Å². The van der Waals surface area contributed by atoms with Gasteiger partial charge in [-0.05, 0) is 30.0 Å². The third-order valence-electron chi connectivity index (χ3n) is 2.57. The molecule has 3 nitrogen and oxygen atoms in total. The Kier molecular flexibility index (Phi) is 6.36. The Balaban J connectivity index is 2.13. The van der Waals surface area contributed by atoms with Crippen LogP contribution in [0.5, 0.6) is 0 Å². The molecule has 0 aromatic heterocycles. The van der Waals surface area contributed by atoms with Crippen molar-refractivity contribution in [2.24, 2.45) is 5.92 Å². The van der Waals surface area contributed by atoms with Crippen LogP contribution in [-0.4, -0.2) is 19.0 Å². The zero-order valence-electron chi connectivity index (χ0n) is 11.0. The first kappa shape index (κ1) is 14.6. The van der Waals surface area contributed by atoms with Gasteiger partial charge in [-0.25, -0.2) is 4.39 Å². The maximum atomic E-state index is 12.7. The molecule has 4 heteroatoms. The van der Waals surface area contributed by atoms with E-state index in [4.69, 9.17) is 0 Å². The van der Waals surface area contributed by atoms with Crippen LogP contribution in [0.4, 0.5) is 4.39 Å². The van der Waals surface area contributed by atoms with Crippen molar-refractivity contribution in [3.05, 3.63) is 35.6 Å². The summed E-state index contributed by atoms with van der Waals surface area (Å²) in [7, 11) is 0. The molecule has 1 rings (SSSR count). The van der Waals surface area contributed by atoms with Crippen molar-refractivity contribution in [3.63, 3.8) is 0 Å². The molecule has 0 aliphatic carbocycles. The maximum Gasteiger partial charge on any atom is 0.233 e. The van der Waals surface area contributed by atoms with Crippen LogP contribution in [0.1, 0.15) is 25.8 Å². The van der Waals surface area contributed by atoms with E-state index in [9.17, 15) is 9.18 Å². The van der Waals surface area contributed by atoms with Crippen LogP contribution in [0.2, 0.25) is 0 Å². The molecule has 100 valence electrons. The number of hydrogen-bond donors (Lipinski definition) is 2. The first-order valence-corrected chi connectivity index (χ1v) is 6.30. The molecule has 1 aromatic rings. The SMILES string of the molecule is CC(C)CCNC(=O)CNCc1ccc(F)cc1. The molecule has 0 fully saturated rings. The zero-order chi connectivity index (χ0) is 13.4. The number of carbonyl (C=O) groups excluding carboxylic acids is 1. The minimum absolute atomic E-state index is 0.00207. The molecule has 1 aromatic carbocycles. The number of benzene rings is 1. The van der Waals surface area contributed by atoms with Crippen LogP contribution >= 0.6 is 0 Å². The fraction of sp³-hybridized carbons (Fsp3) is 0.500. The highest BCUT2D eigenvalue weighted by Gasteiger charge is 2.01. The number of hydrogen-bond acceptors (Lipinski definition) is 2. The Bertz CT molecular complexity index is 363. The monoisotopic (exact) mass is 252 g/mol. The van der Waals surface area contributed by atoms with Gasteiger partial charge in [-0.3, -0.25) is 4.79 Å². The lowest BCUT2D eigenvalue weighted by atomic mass is 10.1. The van der Waals surface area contributed by atoms with Crippen LogP contribution in [0.15, 0.2) is 24.3 Å². The Labute approximate surface area is 108 Å². The van der Waals surface area contributed by atoms with Gasteiger partial charge in [-0.2, -0.15) is 0 Å². The second-order valence-electron chi connectivity index (χ2n) is 4.76. The Hall–Kier alpha value is -1.42. The molecule has 0 heterocycles. The molecule has 18 heavy (non-hydrogen) atoms. The minimum atomic E-state index is -0.245. The second kappa shape index (κ2) is 7.82. The molecule has 0 radical (unpaired) electrons. The Morgan fingerprint density at radius 1 is 1.28 bits per heavy atom. The van der Waals surface area contributed by atoms with Gasteiger partial charge >= 0.3 is 0 Å². The van der Waals surface area contributed by atoms with Gasteiger partial charge in [-0.15, -0.1) is 0 Å². The second-order valence-corrected chi connectivity index (χ2v) is 4.76. The van der Waals surface area contributed by atoms with E-state index in [-0.39, 0.29) is 18.3 Å².